The highest BCUT2D eigenvalue weighted by Gasteiger charge is 2.24. The van der Waals surface area contributed by atoms with Gasteiger partial charge < -0.3 is 19.7 Å². The van der Waals surface area contributed by atoms with Crippen LogP contribution in [0.25, 0.3) is 0 Å². The highest BCUT2D eigenvalue weighted by molar-refractivity contribution is 4.80. The summed E-state index contributed by atoms with van der Waals surface area (Å²) >= 11 is 0. The van der Waals surface area contributed by atoms with Gasteiger partial charge in [-0.1, -0.05) is 38.2 Å². The molecule has 4 nitrogen and oxygen atoms in total. The first-order valence-electron chi connectivity index (χ1n) is 6.15. The van der Waals surface area contributed by atoms with Crippen LogP contribution in [0.3, 0.4) is 0 Å². The summed E-state index contributed by atoms with van der Waals surface area (Å²) in [5.74, 6) is 0. The Morgan fingerprint density at radius 3 is 1.59 bits per heavy atom. The van der Waals surface area contributed by atoms with Crippen molar-refractivity contribution in [1.82, 2.24) is 0 Å². The van der Waals surface area contributed by atoms with E-state index in [1.165, 1.54) is 0 Å². The number of allylic oxidation sites excluding steroid dienone is 2. The monoisotopic (exact) mass is 244 g/mol. The summed E-state index contributed by atoms with van der Waals surface area (Å²) < 4.78 is 9.59. The summed E-state index contributed by atoms with van der Waals surface area (Å²) in [7, 11) is 0. The van der Waals surface area contributed by atoms with Gasteiger partial charge >= 0.3 is 6.16 Å². The quantitative estimate of drug-likeness (QED) is 0.352. The van der Waals surface area contributed by atoms with Crippen LogP contribution in [-0.2, 0) is 9.47 Å². The first kappa shape index (κ1) is 16.3. The molecule has 0 unspecified atom stereocenters. The molecule has 0 aliphatic heterocycles. The lowest BCUT2D eigenvalue weighted by atomic mass is 10.3. The maximum absolute atomic E-state index is 9.29. The largest absolute Gasteiger partial charge is 0.407 e. The second-order valence-corrected chi connectivity index (χ2v) is 3.58. The van der Waals surface area contributed by atoms with Crippen LogP contribution < -0.4 is 0 Å². The van der Waals surface area contributed by atoms with Crippen molar-refractivity contribution in [2.45, 2.75) is 45.7 Å². The number of ether oxygens (including phenoxy) is 2. The molecule has 0 spiro atoms. The highest BCUT2D eigenvalue weighted by atomic mass is 16.9. The van der Waals surface area contributed by atoms with Crippen molar-refractivity contribution in [2.24, 2.45) is 0 Å². The Balaban J connectivity index is 3.57. The van der Waals surface area contributed by atoms with Crippen LogP contribution in [0.1, 0.15) is 39.5 Å². The second kappa shape index (κ2) is 10.5. The second-order valence-electron chi connectivity index (χ2n) is 3.58. The molecule has 0 aliphatic rings. The van der Waals surface area contributed by atoms with Crippen LogP contribution in [-0.4, -0.2) is 29.6 Å². The molecule has 17 heavy (non-hydrogen) atoms. The van der Waals surface area contributed by atoms with E-state index >= 15 is 0 Å². The minimum Gasteiger partial charge on any atom is -0.319 e. The Hall–Kier alpha value is -0.680. The van der Waals surface area contributed by atoms with Crippen molar-refractivity contribution >= 4 is 0 Å². The zero-order valence-corrected chi connectivity index (χ0v) is 10.8. The maximum Gasteiger partial charge on any atom is 0.407 e. The molecular formula is C13H24O4. The summed E-state index contributed by atoms with van der Waals surface area (Å²) in [6.07, 6.45) is 8.57. The molecule has 0 aromatic rings. The minimum absolute atomic E-state index is 0.217. The number of aliphatic hydroxyl groups is 2. The van der Waals surface area contributed by atoms with Gasteiger partial charge in [-0.2, -0.15) is 0 Å². The molecule has 0 bridgehead atoms. The Morgan fingerprint density at radius 1 is 0.824 bits per heavy atom. The molecular weight excluding hydrogens is 220 g/mol. The van der Waals surface area contributed by atoms with Crippen LogP contribution in [0.15, 0.2) is 24.3 Å². The van der Waals surface area contributed by atoms with Gasteiger partial charge in [-0.25, -0.2) is 0 Å². The predicted molar refractivity (Wildman–Crippen MR) is 67.2 cm³/mol. The molecule has 0 saturated heterocycles. The van der Waals surface area contributed by atoms with Gasteiger partial charge in [0.2, 0.25) is 0 Å². The SMILES string of the molecule is CCC=CCCOC(O)(O)OCCC=CCC. The van der Waals surface area contributed by atoms with Gasteiger partial charge in [0.1, 0.15) is 0 Å². The summed E-state index contributed by atoms with van der Waals surface area (Å²) in [5.41, 5.74) is 0. The van der Waals surface area contributed by atoms with Gasteiger partial charge in [-0.15, -0.1) is 0 Å². The summed E-state index contributed by atoms with van der Waals surface area (Å²) in [4.78, 5) is 0. The minimum atomic E-state index is -2.47. The molecule has 0 aliphatic carbocycles. The smallest absolute Gasteiger partial charge is 0.319 e. The van der Waals surface area contributed by atoms with Gasteiger partial charge in [-0.05, 0) is 25.7 Å². The number of hydrogen-bond donors (Lipinski definition) is 2. The molecule has 0 saturated carbocycles. The van der Waals surface area contributed by atoms with Gasteiger partial charge in [-0.3, -0.25) is 0 Å². The fraction of sp³-hybridized carbons (Fsp3) is 0.692. The highest BCUT2D eigenvalue weighted by Crippen LogP contribution is 2.06. The van der Waals surface area contributed by atoms with Crippen LogP contribution in [0.4, 0.5) is 0 Å². The Morgan fingerprint density at radius 2 is 1.24 bits per heavy atom. The standard InChI is InChI=1S/C13H24O4/c1-3-5-7-9-11-16-13(14,15)17-12-10-8-6-4-2/h5-8,14-15H,3-4,9-12H2,1-2H3. The van der Waals surface area contributed by atoms with Gasteiger partial charge in [0.15, 0.2) is 0 Å². The zero-order valence-electron chi connectivity index (χ0n) is 10.8. The van der Waals surface area contributed by atoms with Crippen molar-refractivity contribution in [3.8, 4) is 0 Å². The third kappa shape index (κ3) is 11.6. The molecule has 4 heteroatoms. The molecule has 0 rings (SSSR count). The first-order valence-corrected chi connectivity index (χ1v) is 6.15. The molecule has 0 heterocycles. The van der Waals surface area contributed by atoms with Crippen molar-refractivity contribution in [2.75, 3.05) is 13.2 Å². The molecule has 0 aromatic heterocycles. The molecule has 0 amide bonds. The average Bonchev–Trinajstić information content (AvgIpc) is 2.28. The molecule has 0 fully saturated rings. The van der Waals surface area contributed by atoms with E-state index in [4.69, 9.17) is 9.47 Å². The van der Waals surface area contributed by atoms with E-state index in [1.807, 2.05) is 38.2 Å². The summed E-state index contributed by atoms with van der Waals surface area (Å²) in [6.45, 7) is 4.50. The molecule has 0 aromatic carbocycles. The van der Waals surface area contributed by atoms with Crippen molar-refractivity contribution in [1.29, 1.82) is 0 Å². The molecule has 100 valence electrons. The number of hydrogen-bond acceptors (Lipinski definition) is 4. The zero-order chi connectivity index (χ0) is 13.0. The third-order valence-corrected chi connectivity index (χ3v) is 1.95. The van der Waals surface area contributed by atoms with E-state index in [-0.39, 0.29) is 13.2 Å². The Bertz CT molecular complexity index is 199. The van der Waals surface area contributed by atoms with Crippen molar-refractivity contribution in [3.63, 3.8) is 0 Å². The Kier molecular flexibility index (Phi) is 10.1. The Labute approximate surface area is 104 Å². The first-order chi connectivity index (χ1) is 8.12. The number of rotatable bonds is 10. The van der Waals surface area contributed by atoms with E-state index in [9.17, 15) is 10.2 Å². The lowest BCUT2D eigenvalue weighted by Gasteiger charge is -2.20. The molecule has 0 atom stereocenters. The van der Waals surface area contributed by atoms with E-state index in [0.717, 1.165) is 12.8 Å². The summed E-state index contributed by atoms with van der Waals surface area (Å²) in [5, 5.41) is 18.6. The topological polar surface area (TPSA) is 58.9 Å². The predicted octanol–water partition coefficient (Wildman–Crippen LogP) is 2.33. The van der Waals surface area contributed by atoms with Gasteiger partial charge in [0.05, 0.1) is 13.2 Å². The normalized spacial score (nSPS) is 12.9. The molecule has 0 radical (unpaired) electrons. The van der Waals surface area contributed by atoms with Crippen molar-refractivity contribution < 1.29 is 19.7 Å². The lowest BCUT2D eigenvalue weighted by molar-refractivity contribution is -0.469. The third-order valence-electron chi connectivity index (χ3n) is 1.95. The van der Waals surface area contributed by atoms with Crippen LogP contribution >= 0.6 is 0 Å². The lowest BCUT2D eigenvalue weighted by Crippen LogP contribution is -2.36. The van der Waals surface area contributed by atoms with Crippen molar-refractivity contribution in [3.05, 3.63) is 24.3 Å². The fourth-order valence-electron chi connectivity index (χ4n) is 1.13. The van der Waals surface area contributed by atoms with Crippen LogP contribution in [0.5, 0.6) is 0 Å². The van der Waals surface area contributed by atoms with Crippen LogP contribution in [0, 0.1) is 0 Å². The average molecular weight is 244 g/mol. The van der Waals surface area contributed by atoms with Crippen LogP contribution in [0.2, 0.25) is 0 Å². The van der Waals surface area contributed by atoms with E-state index < -0.39 is 6.16 Å². The van der Waals surface area contributed by atoms with E-state index in [0.29, 0.717) is 12.8 Å². The van der Waals surface area contributed by atoms with Gasteiger partial charge in [0, 0.05) is 0 Å². The molecule has 2 N–H and O–H groups in total. The maximum atomic E-state index is 9.29. The van der Waals surface area contributed by atoms with Gasteiger partial charge in [0.25, 0.3) is 0 Å². The van der Waals surface area contributed by atoms with E-state index in [2.05, 4.69) is 0 Å². The summed E-state index contributed by atoms with van der Waals surface area (Å²) in [6, 6.07) is 0. The van der Waals surface area contributed by atoms with E-state index in [1.54, 1.807) is 0 Å². The fourth-order valence-corrected chi connectivity index (χ4v) is 1.13.